The lowest BCUT2D eigenvalue weighted by Gasteiger charge is -2.31. The molecule has 1 aromatic carbocycles. The largest absolute Gasteiger partial charge is 0.299 e. The van der Waals surface area contributed by atoms with Crippen molar-refractivity contribution in [2.24, 2.45) is 5.92 Å². The third kappa shape index (κ3) is 3.18. The smallest absolute Gasteiger partial charge is 0.179 e. The summed E-state index contributed by atoms with van der Waals surface area (Å²) < 4.78 is 24.9. The van der Waals surface area contributed by atoms with Crippen LogP contribution >= 0.6 is 0 Å². The molecule has 1 saturated carbocycles. The molecule has 2 fully saturated rings. The van der Waals surface area contributed by atoms with Crippen molar-refractivity contribution in [2.75, 3.05) is 18.8 Å². The van der Waals surface area contributed by atoms with E-state index < -0.39 is 9.84 Å². The monoisotopic (exact) mass is 318 g/mol. The fourth-order valence-corrected chi connectivity index (χ4v) is 5.13. The fraction of sp³-hybridized carbons (Fsp3) is 0.588. The van der Waals surface area contributed by atoms with Gasteiger partial charge in [-0.3, -0.25) is 4.90 Å². The van der Waals surface area contributed by atoms with Gasteiger partial charge in [0, 0.05) is 12.6 Å². The van der Waals surface area contributed by atoms with Crippen molar-refractivity contribution in [3.63, 3.8) is 0 Å². The first-order chi connectivity index (χ1) is 10.6. The maximum atomic E-state index is 12.4. The Balaban J connectivity index is 1.63. The molecule has 0 bridgehead atoms. The predicted molar refractivity (Wildman–Crippen MR) is 85.1 cm³/mol. The highest BCUT2D eigenvalue weighted by molar-refractivity contribution is 7.91. The lowest BCUT2D eigenvalue weighted by atomic mass is 9.85. The number of nitriles is 1. The first-order valence-corrected chi connectivity index (χ1v) is 9.72. The molecular formula is C17H22N2O2S. The van der Waals surface area contributed by atoms with Gasteiger partial charge in [-0.25, -0.2) is 8.42 Å². The zero-order chi connectivity index (χ0) is 15.6. The van der Waals surface area contributed by atoms with Crippen molar-refractivity contribution in [3.8, 4) is 6.07 Å². The molecule has 1 aliphatic heterocycles. The molecule has 0 radical (unpaired) electrons. The van der Waals surface area contributed by atoms with Gasteiger partial charge in [0.15, 0.2) is 9.84 Å². The second kappa shape index (κ2) is 6.39. The van der Waals surface area contributed by atoms with Gasteiger partial charge < -0.3 is 0 Å². The third-order valence-corrected chi connectivity index (χ3v) is 6.83. The molecule has 2 atom stereocenters. The molecule has 0 unspecified atom stereocenters. The maximum absolute atomic E-state index is 12.4. The van der Waals surface area contributed by atoms with Gasteiger partial charge in [-0.1, -0.05) is 12.8 Å². The maximum Gasteiger partial charge on any atom is 0.179 e. The normalized spacial score (nSPS) is 25.6. The number of likely N-dealkylation sites (tertiary alicyclic amines) is 1. The van der Waals surface area contributed by atoms with Gasteiger partial charge in [-0.2, -0.15) is 5.26 Å². The summed E-state index contributed by atoms with van der Waals surface area (Å²) >= 11 is 0. The summed E-state index contributed by atoms with van der Waals surface area (Å²) in [5.41, 5.74) is 0.489. The number of sulfone groups is 1. The average Bonchev–Trinajstić information content (AvgIpc) is 2.96. The molecule has 1 aromatic rings. The molecule has 0 amide bonds. The van der Waals surface area contributed by atoms with E-state index in [2.05, 4.69) is 4.90 Å². The van der Waals surface area contributed by atoms with Crippen LogP contribution in [-0.4, -0.2) is 38.2 Å². The van der Waals surface area contributed by atoms with E-state index in [0.717, 1.165) is 12.5 Å². The molecule has 1 saturated heterocycles. The molecule has 1 heterocycles. The van der Waals surface area contributed by atoms with Crippen molar-refractivity contribution < 1.29 is 8.42 Å². The van der Waals surface area contributed by atoms with Crippen LogP contribution in [0, 0.1) is 17.2 Å². The zero-order valence-corrected chi connectivity index (χ0v) is 13.6. The van der Waals surface area contributed by atoms with Crippen LogP contribution < -0.4 is 0 Å². The summed E-state index contributed by atoms with van der Waals surface area (Å²) in [5, 5.41) is 8.78. The van der Waals surface area contributed by atoms with E-state index in [1.54, 1.807) is 24.3 Å². The first-order valence-electron chi connectivity index (χ1n) is 8.07. The minimum atomic E-state index is -3.26. The molecule has 22 heavy (non-hydrogen) atoms. The predicted octanol–water partition coefficient (Wildman–Crippen LogP) is 2.60. The number of fused-ring (bicyclic) bond motifs is 1. The van der Waals surface area contributed by atoms with E-state index in [9.17, 15) is 8.42 Å². The highest BCUT2D eigenvalue weighted by Crippen LogP contribution is 2.35. The van der Waals surface area contributed by atoms with E-state index in [1.165, 1.54) is 32.1 Å². The van der Waals surface area contributed by atoms with Crippen molar-refractivity contribution in [1.29, 1.82) is 5.26 Å². The van der Waals surface area contributed by atoms with Crippen molar-refractivity contribution in [3.05, 3.63) is 29.8 Å². The quantitative estimate of drug-likeness (QED) is 0.856. The van der Waals surface area contributed by atoms with Gasteiger partial charge in [-0.15, -0.1) is 0 Å². The molecule has 4 nitrogen and oxygen atoms in total. The number of rotatable bonds is 4. The number of hydrogen-bond acceptors (Lipinski definition) is 4. The minimum absolute atomic E-state index is 0.169. The van der Waals surface area contributed by atoms with Crippen LogP contribution in [0.15, 0.2) is 29.2 Å². The Bertz CT molecular complexity index is 661. The van der Waals surface area contributed by atoms with Gasteiger partial charge in [0.05, 0.1) is 22.3 Å². The van der Waals surface area contributed by atoms with Gasteiger partial charge >= 0.3 is 0 Å². The van der Waals surface area contributed by atoms with Crippen molar-refractivity contribution in [2.45, 2.75) is 43.0 Å². The van der Waals surface area contributed by atoms with Crippen LogP contribution in [0.2, 0.25) is 0 Å². The summed E-state index contributed by atoms with van der Waals surface area (Å²) in [6, 6.07) is 8.84. The van der Waals surface area contributed by atoms with Crippen molar-refractivity contribution in [1.82, 2.24) is 4.90 Å². The lowest BCUT2D eigenvalue weighted by Crippen LogP contribution is -2.37. The van der Waals surface area contributed by atoms with Gasteiger partial charge in [0.1, 0.15) is 0 Å². The van der Waals surface area contributed by atoms with E-state index in [1.807, 2.05) is 6.07 Å². The van der Waals surface area contributed by atoms with Crippen LogP contribution in [0.25, 0.3) is 0 Å². The third-order valence-electron chi connectivity index (χ3n) is 5.11. The molecular weight excluding hydrogens is 296 g/mol. The Labute approximate surface area is 132 Å². The van der Waals surface area contributed by atoms with E-state index in [-0.39, 0.29) is 5.75 Å². The minimum Gasteiger partial charge on any atom is -0.299 e. The van der Waals surface area contributed by atoms with E-state index >= 15 is 0 Å². The molecule has 0 N–H and O–H groups in total. The van der Waals surface area contributed by atoms with Gasteiger partial charge in [0.25, 0.3) is 0 Å². The highest BCUT2D eigenvalue weighted by Gasteiger charge is 2.35. The molecule has 3 rings (SSSR count). The molecule has 2 aliphatic rings. The zero-order valence-electron chi connectivity index (χ0n) is 12.7. The van der Waals surface area contributed by atoms with Gasteiger partial charge in [-0.05, 0) is 56.0 Å². The fourth-order valence-electron chi connectivity index (χ4n) is 3.87. The lowest BCUT2D eigenvalue weighted by molar-refractivity contribution is 0.191. The second-order valence-corrected chi connectivity index (χ2v) is 8.50. The molecule has 1 aliphatic carbocycles. The van der Waals surface area contributed by atoms with Crippen LogP contribution in [0.4, 0.5) is 0 Å². The van der Waals surface area contributed by atoms with Gasteiger partial charge in [0.2, 0.25) is 0 Å². The summed E-state index contributed by atoms with van der Waals surface area (Å²) in [4.78, 5) is 2.70. The summed E-state index contributed by atoms with van der Waals surface area (Å²) in [5.74, 6) is 0.952. The Morgan fingerprint density at radius 3 is 2.59 bits per heavy atom. The second-order valence-electron chi connectivity index (χ2n) is 6.39. The molecule has 5 heteroatoms. The Morgan fingerprint density at radius 1 is 1.14 bits per heavy atom. The number of hydrogen-bond donors (Lipinski definition) is 0. The Morgan fingerprint density at radius 2 is 1.86 bits per heavy atom. The molecule has 118 valence electrons. The SMILES string of the molecule is N#Cc1ccc(S(=O)(=O)CCN2CC[C@H]3CCCC[C@@H]32)cc1. The van der Waals surface area contributed by atoms with Crippen LogP contribution in [-0.2, 0) is 9.84 Å². The number of benzene rings is 1. The van der Waals surface area contributed by atoms with Crippen molar-refractivity contribution >= 4 is 9.84 Å². The summed E-state index contributed by atoms with van der Waals surface area (Å²) in [6.07, 6.45) is 6.37. The van der Waals surface area contributed by atoms with E-state index in [4.69, 9.17) is 5.26 Å². The van der Waals surface area contributed by atoms with E-state index in [0.29, 0.717) is 23.0 Å². The average molecular weight is 318 g/mol. The van der Waals surface area contributed by atoms with Crippen LogP contribution in [0.3, 0.4) is 0 Å². The Kier molecular flexibility index (Phi) is 4.51. The highest BCUT2D eigenvalue weighted by atomic mass is 32.2. The summed E-state index contributed by atoms with van der Waals surface area (Å²) in [7, 11) is -3.26. The molecule has 0 spiro atoms. The standard InChI is InChI=1S/C17H22N2O2S/c18-13-14-5-7-16(8-6-14)22(20,21)12-11-19-10-9-15-3-1-2-4-17(15)19/h5-8,15,17H,1-4,9-12H2/t15-,17+/m1/s1. The van der Waals surface area contributed by atoms with Crippen LogP contribution in [0.5, 0.6) is 0 Å². The number of nitrogens with zero attached hydrogens (tertiary/aromatic N) is 2. The topological polar surface area (TPSA) is 61.2 Å². The Hall–Kier alpha value is -1.38. The molecule has 0 aromatic heterocycles. The summed E-state index contributed by atoms with van der Waals surface area (Å²) in [6.45, 7) is 1.67. The van der Waals surface area contributed by atoms with Crippen LogP contribution in [0.1, 0.15) is 37.7 Å². The first kappa shape index (κ1) is 15.5.